The van der Waals surface area contributed by atoms with Crippen LogP contribution in [-0.2, 0) is 10.8 Å². The van der Waals surface area contributed by atoms with Crippen LogP contribution in [0.1, 0.15) is 20.8 Å². The van der Waals surface area contributed by atoms with Gasteiger partial charge in [-0.2, -0.15) is 0 Å². The van der Waals surface area contributed by atoms with E-state index in [9.17, 15) is 4.21 Å². The summed E-state index contributed by atoms with van der Waals surface area (Å²) in [6, 6.07) is 0.254. The van der Waals surface area contributed by atoms with Gasteiger partial charge in [0.15, 0.2) is 0 Å². The predicted molar refractivity (Wildman–Crippen MR) is 52.7 cm³/mol. The van der Waals surface area contributed by atoms with E-state index in [1.165, 1.54) is 0 Å². The zero-order valence-electron chi connectivity index (χ0n) is 8.20. The van der Waals surface area contributed by atoms with Crippen molar-refractivity contribution in [3.05, 3.63) is 0 Å². The van der Waals surface area contributed by atoms with Crippen LogP contribution < -0.4 is 5.32 Å². The maximum atomic E-state index is 10.8. The first-order valence-electron chi connectivity index (χ1n) is 4.17. The average Bonchev–Trinajstić information content (AvgIpc) is 1.84. The van der Waals surface area contributed by atoms with E-state index >= 15 is 0 Å². The van der Waals surface area contributed by atoms with E-state index in [1.54, 1.807) is 13.2 Å². The van der Waals surface area contributed by atoms with Crippen molar-refractivity contribution >= 4 is 10.8 Å². The lowest BCUT2D eigenvalue weighted by atomic mass is 10.2. The Balaban J connectivity index is 3.68. The highest BCUT2D eigenvalue weighted by Crippen LogP contribution is 1.94. The van der Waals surface area contributed by atoms with Gasteiger partial charge in [-0.05, 0) is 20.8 Å². The number of nitrogens with one attached hydrogen (secondary N) is 1. The van der Waals surface area contributed by atoms with Crippen molar-refractivity contribution in [3.8, 4) is 0 Å². The van der Waals surface area contributed by atoms with Crippen molar-refractivity contribution in [3.63, 3.8) is 0 Å². The maximum absolute atomic E-state index is 10.8. The normalized spacial score (nSPS) is 21.4. The van der Waals surface area contributed by atoms with Crippen molar-refractivity contribution < 1.29 is 9.32 Å². The van der Waals surface area contributed by atoms with Crippen molar-refractivity contribution in [1.82, 2.24) is 5.32 Å². The Morgan fingerprint density at radius 2 is 1.92 bits per heavy atom. The zero-order chi connectivity index (χ0) is 9.72. The van der Waals surface area contributed by atoms with Crippen LogP contribution in [0.5, 0.6) is 0 Å². The molecule has 0 saturated heterocycles. The second-order valence-electron chi connectivity index (χ2n) is 3.34. The fourth-order valence-corrected chi connectivity index (χ4v) is 1.79. The third kappa shape index (κ3) is 5.69. The van der Waals surface area contributed by atoms with Crippen LogP contribution in [0.3, 0.4) is 0 Å². The minimum Gasteiger partial charge on any atom is -0.392 e. The molecule has 12 heavy (non-hydrogen) atoms. The molecule has 0 spiro atoms. The molecule has 0 saturated carbocycles. The van der Waals surface area contributed by atoms with Crippen LogP contribution in [0.2, 0.25) is 0 Å². The average molecular weight is 193 g/mol. The molecule has 0 aliphatic carbocycles. The van der Waals surface area contributed by atoms with Crippen LogP contribution in [0, 0.1) is 0 Å². The summed E-state index contributed by atoms with van der Waals surface area (Å²) in [7, 11) is -0.769. The minimum atomic E-state index is -0.769. The van der Waals surface area contributed by atoms with Gasteiger partial charge in [0.1, 0.15) is 0 Å². The predicted octanol–water partition coefficient (Wildman–Crippen LogP) is 0.112. The van der Waals surface area contributed by atoms with E-state index in [1.807, 2.05) is 13.8 Å². The molecule has 0 aromatic carbocycles. The number of hydrogen-bond acceptors (Lipinski definition) is 3. The summed E-state index contributed by atoms with van der Waals surface area (Å²) < 4.78 is 10.8. The highest BCUT2D eigenvalue weighted by molar-refractivity contribution is 7.84. The smallest absolute Gasteiger partial charge is 0.0662 e. The lowest BCUT2D eigenvalue weighted by molar-refractivity contribution is 0.148. The standard InChI is InChI=1S/C8H19NO2S/c1-6(5-12(4)11)9-7(2)8(3)10/h6-10H,5H2,1-4H3. The molecule has 2 N–H and O–H groups in total. The van der Waals surface area contributed by atoms with Gasteiger partial charge in [-0.1, -0.05) is 0 Å². The molecule has 0 radical (unpaired) electrons. The molecule has 4 heteroatoms. The molecule has 0 bridgehead atoms. The first-order valence-corrected chi connectivity index (χ1v) is 5.90. The van der Waals surface area contributed by atoms with Crippen LogP contribution >= 0.6 is 0 Å². The third-order valence-electron chi connectivity index (χ3n) is 1.76. The number of hydrogen-bond donors (Lipinski definition) is 2. The minimum absolute atomic E-state index is 0.0588. The molecule has 4 atom stereocenters. The Labute approximate surface area is 77.0 Å². The van der Waals surface area contributed by atoms with Crippen LogP contribution in [0.15, 0.2) is 0 Å². The Morgan fingerprint density at radius 1 is 1.42 bits per heavy atom. The van der Waals surface area contributed by atoms with E-state index in [0.29, 0.717) is 5.75 Å². The number of rotatable bonds is 5. The molecule has 0 aromatic rings. The molecule has 0 heterocycles. The largest absolute Gasteiger partial charge is 0.392 e. The first-order chi connectivity index (χ1) is 5.43. The molecule has 0 aliphatic heterocycles. The van der Waals surface area contributed by atoms with Gasteiger partial charge in [-0.3, -0.25) is 4.21 Å². The Hall–Kier alpha value is 0.0700. The monoisotopic (exact) mass is 193 g/mol. The van der Waals surface area contributed by atoms with E-state index in [0.717, 1.165) is 0 Å². The molecule has 4 unspecified atom stereocenters. The van der Waals surface area contributed by atoms with Crippen molar-refractivity contribution in [2.75, 3.05) is 12.0 Å². The van der Waals surface area contributed by atoms with Gasteiger partial charge in [0.2, 0.25) is 0 Å². The molecule has 74 valence electrons. The second kappa shape index (κ2) is 5.67. The number of aliphatic hydroxyl groups is 1. The fraction of sp³-hybridized carbons (Fsp3) is 1.00. The summed E-state index contributed by atoms with van der Waals surface area (Å²) in [5.74, 6) is 0.636. The highest BCUT2D eigenvalue weighted by atomic mass is 32.2. The molecule has 0 aliphatic rings. The van der Waals surface area contributed by atoms with Crippen molar-refractivity contribution in [2.45, 2.75) is 39.0 Å². The van der Waals surface area contributed by atoms with Gasteiger partial charge in [0.25, 0.3) is 0 Å². The van der Waals surface area contributed by atoms with Crippen molar-refractivity contribution in [2.24, 2.45) is 0 Å². The Morgan fingerprint density at radius 3 is 2.25 bits per heavy atom. The van der Waals surface area contributed by atoms with Gasteiger partial charge in [0.05, 0.1) is 6.10 Å². The quantitative estimate of drug-likeness (QED) is 0.651. The van der Waals surface area contributed by atoms with Crippen molar-refractivity contribution in [1.29, 1.82) is 0 Å². The summed E-state index contributed by atoms with van der Waals surface area (Å²) in [6.45, 7) is 5.63. The summed E-state index contributed by atoms with van der Waals surface area (Å²) in [4.78, 5) is 0. The van der Waals surface area contributed by atoms with E-state index < -0.39 is 10.8 Å². The van der Waals surface area contributed by atoms with E-state index in [4.69, 9.17) is 5.11 Å². The number of aliphatic hydroxyl groups excluding tert-OH is 1. The molecule has 0 aromatic heterocycles. The lowest BCUT2D eigenvalue weighted by Gasteiger charge is -2.21. The van der Waals surface area contributed by atoms with E-state index in [-0.39, 0.29) is 18.2 Å². The Kier molecular flexibility index (Phi) is 5.70. The molecule has 0 fully saturated rings. The van der Waals surface area contributed by atoms with Gasteiger partial charge in [-0.15, -0.1) is 0 Å². The summed E-state index contributed by atoms with van der Waals surface area (Å²) in [6.07, 6.45) is 1.32. The summed E-state index contributed by atoms with van der Waals surface area (Å²) >= 11 is 0. The SMILES string of the molecule is CC(CS(C)=O)NC(C)C(C)O. The summed E-state index contributed by atoms with van der Waals surface area (Å²) in [5.41, 5.74) is 0. The van der Waals surface area contributed by atoms with Gasteiger partial charge in [-0.25, -0.2) is 0 Å². The molecular formula is C8H19NO2S. The topological polar surface area (TPSA) is 49.3 Å². The van der Waals surface area contributed by atoms with Gasteiger partial charge >= 0.3 is 0 Å². The van der Waals surface area contributed by atoms with Crippen LogP contribution in [-0.4, -0.2) is 39.5 Å². The molecule has 3 nitrogen and oxygen atoms in total. The molecular weight excluding hydrogens is 174 g/mol. The lowest BCUT2D eigenvalue weighted by Crippen LogP contribution is -2.43. The second-order valence-corrected chi connectivity index (χ2v) is 4.82. The Bertz CT molecular complexity index is 150. The maximum Gasteiger partial charge on any atom is 0.0662 e. The highest BCUT2D eigenvalue weighted by Gasteiger charge is 2.12. The molecule has 0 amide bonds. The molecule has 0 rings (SSSR count). The van der Waals surface area contributed by atoms with Gasteiger partial charge < -0.3 is 10.4 Å². The van der Waals surface area contributed by atoms with Crippen LogP contribution in [0.4, 0.5) is 0 Å². The third-order valence-corrected chi connectivity index (χ3v) is 2.73. The fourth-order valence-electron chi connectivity index (χ4n) is 0.988. The summed E-state index contributed by atoms with van der Waals surface area (Å²) in [5, 5.41) is 12.3. The van der Waals surface area contributed by atoms with Gasteiger partial charge in [0, 0.05) is 34.9 Å². The zero-order valence-corrected chi connectivity index (χ0v) is 9.02. The first kappa shape index (κ1) is 12.1. The van der Waals surface area contributed by atoms with E-state index in [2.05, 4.69) is 5.32 Å². The van der Waals surface area contributed by atoms with Crippen LogP contribution in [0.25, 0.3) is 0 Å².